The Hall–Kier alpha value is -3.74. The summed E-state index contributed by atoms with van der Waals surface area (Å²) in [5.41, 5.74) is -0.191. The van der Waals surface area contributed by atoms with E-state index in [1.807, 2.05) is 0 Å². The SMILES string of the molecule is CC(=O)OC[C@H]1O[C@H](Oc2ccc([N+](=O)[O-])cc2)[C@H](OC(C)=O)[C@@H](OC(C)=O)[C@H]1OC(C)=O. The summed E-state index contributed by atoms with van der Waals surface area (Å²) in [4.78, 5) is 56.8. The molecule has 1 aliphatic rings. The lowest BCUT2D eigenvalue weighted by Gasteiger charge is -2.43. The third-order valence-electron chi connectivity index (χ3n) is 4.25. The fraction of sp³-hybridized carbons (Fsp3) is 0.500. The van der Waals surface area contributed by atoms with Crippen LogP contribution in [0.25, 0.3) is 0 Å². The number of nitro benzene ring substituents is 1. The van der Waals surface area contributed by atoms with Gasteiger partial charge in [0.25, 0.3) is 5.69 Å². The zero-order valence-electron chi connectivity index (χ0n) is 18.2. The molecule has 2 rings (SSSR count). The average Bonchev–Trinajstić information content (AvgIpc) is 2.70. The van der Waals surface area contributed by atoms with Gasteiger partial charge in [-0.25, -0.2) is 0 Å². The summed E-state index contributed by atoms with van der Waals surface area (Å²) < 4.78 is 32.3. The third-order valence-corrected chi connectivity index (χ3v) is 4.25. The molecular weight excluding hydrogens is 446 g/mol. The van der Waals surface area contributed by atoms with Gasteiger partial charge in [-0.2, -0.15) is 0 Å². The molecule has 0 spiro atoms. The normalized spacial score (nSPS) is 24.2. The van der Waals surface area contributed by atoms with E-state index in [0.29, 0.717) is 0 Å². The number of non-ortho nitro benzene ring substituents is 1. The van der Waals surface area contributed by atoms with Crippen LogP contribution in [0.1, 0.15) is 27.7 Å². The summed E-state index contributed by atoms with van der Waals surface area (Å²) >= 11 is 0. The molecule has 13 heteroatoms. The highest BCUT2D eigenvalue weighted by Gasteiger charge is 2.53. The summed E-state index contributed by atoms with van der Waals surface area (Å²) in [5, 5.41) is 10.9. The van der Waals surface area contributed by atoms with Gasteiger partial charge in [0.05, 0.1) is 4.92 Å². The van der Waals surface area contributed by atoms with Crippen LogP contribution in [0, 0.1) is 10.1 Å². The molecule has 33 heavy (non-hydrogen) atoms. The highest BCUT2D eigenvalue weighted by molar-refractivity contribution is 5.68. The summed E-state index contributed by atoms with van der Waals surface area (Å²) in [7, 11) is 0. The molecule has 1 aromatic carbocycles. The molecule has 0 unspecified atom stereocenters. The molecule has 0 aliphatic carbocycles. The van der Waals surface area contributed by atoms with Crippen LogP contribution in [0.2, 0.25) is 0 Å². The van der Waals surface area contributed by atoms with Crippen molar-refractivity contribution in [2.24, 2.45) is 0 Å². The van der Waals surface area contributed by atoms with Crippen molar-refractivity contribution in [1.82, 2.24) is 0 Å². The number of ether oxygens (including phenoxy) is 6. The Morgan fingerprint density at radius 2 is 1.36 bits per heavy atom. The van der Waals surface area contributed by atoms with E-state index in [4.69, 9.17) is 28.4 Å². The first-order valence-corrected chi connectivity index (χ1v) is 9.69. The van der Waals surface area contributed by atoms with E-state index in [1.54, 1.807) is 0 Å². The molecule has 0 saturated carbocycles. The maximum absolute atomic E-state index is 11.8. The van der Waals surface area contributed by atoms with Crippen LogP contribution < -0.4 is 4.74 Å². The highest BCUT2D eigenvalue weighted by Crippen LogP contribution is 2.31. The number of nitrogens with zero attached hydrogens (tertiary/aromatic N) is 1. The summed E-state index contributed by atoms with van der Waals surface area (Å²) in [6.45, 7) is 4.05. The van der Waals surface area contributed by atoms with Crippen LogP contribution in [0.4, 0.5) is 5.69 Å². The Kier molecular flexibility index (Phi) is 8.68. The minimum atomic E-state index is -1.42. The number of carbonyl (C=O) groups excluding carboxylic acids is 4. The van der Waals surface area contributed by atoms with Crippen molar-refractivity contribution < 1.29 is 52.5 Å². The van der Waals surface area contributed by atoms with E-state index < -0.39 is 66.1 Å². The van der Waals surface area contributed by atoms with Crippen LogP contribution in [-0.4, -0.2) is 66.1 Å². The molecule has 1 heterocycles. The Labute approximate surface area is 188 Å². The number of esters is 4. The van der Waals surface area contributed by atoms with Crippen LogP contribution in [0.3, 0.4) is 0 Å². The van der Waals surface area contributed by atoms with Crippen molar-refractivity contribution in [3.63, 3.8) is 0 Å². The van der Waals surface area contributed by atoms with Crippen molar-refractivity contribution in [3.8, 4) is 5.75 Å². The fourth-order valence-corrected chi connectivity index (χ4v) is 3.06. The van der Waals surface area contributed by atoms with Crippen molar-refractivity contribution in [3.05, 3.63) is 34.4 Å². The van der Waals surface area contributed by atoms with E-state index >= 15 is 0 Å². The van der Waals surface area contributed by atoms with Gasteiger partial charge in [-0.1, -0.05) is 0 Å². The molecule has 180 valence electrons. The monoisotopic (exact) mass is 469 g/mol. The van der Waals surface area contributed by atoms with Gasteiger partial charge in [-0.3, -0.25) is 29.3 Å². The summed E-state index contributed by atoms with van der Waals surface area (Å²) in [6.07, 6.45) is -6.69. The highest BCUT2D eigenvalue weighted by atomic mass is 16.7. The molecule has 0 radical (unpaired) electrons. The van der Waals surface area contributed by atoms with E-state index in [0.717, 1.165) is 27.7 Å². The van der Waals surface area contributed by atoms with E-state index in [1.165, 1.54) is 24.3 Å². The van der Waals surface area contributed by atoms with Gasteiger partial charge in [0.1, 0.15) is 18.5 Å². The second-order valence-corrected chi connectivity index (χ2v) is 6.94. The number of benzene rings is 1. The first-order chi connectivity index (χ1) is 15.5. The molecule has 1 saturated heterocycles. The Morgan fingerprint density at radius 1 is 0.848 bits per heavy atom. The van der Waals surface area contributed by atoms with Gasteiger partial charge in [-0.05, 0) is 12.1 Å². The standard InChI is InChI=1S/C20H23NO12/c1-10(22)28-9-16-17(29-11(2)23)18(30-12(3)24)19(31-13(4)25)20(33-16)32-15-7-5-14(6-8-15)21(26)27/h5-8,16-20H,9H2,1-4H3/t16-,17+,18+,19-,20+/m1/s1. The maximum Gasteiger partial charge on any atom is 0.303 e. The van der Waals surface area contributed by atoms with Crippen LogP contribution in [-0.2, 0) is 42.9 Å². The van der Waals surface area contributed by atoms with Gasteiger partial charge in [0.2, 0.25) is 12.4 Å². The quantitative estimate of drug-likeness (QED) is 0.230. The van der Waals surface area contributed by atoms with Crippen LogP contribution >= 0.6 is 0 Å². The van der Waals surface area contributed by atoms with E-state index in [-0.39, 0.29) is 11.4 Å². The van der Waals surface area contributed by atoms with Crippen molar-refractivity contribution in [2.45, 2.75) is 58.4 Å². The molecule has 1 fully saturated rings. The minimum absolute atomic E-state index is 0.0986. The number of nitro groups is 1. The lowest BCUT2D eigenvalue weighted by Crippen LogP contribution is -2.63. The van der Waals surface area contributed by atoms with Gasteiger partial charge in [0, 0.05) is 39.8 Å². The predicted molar refractivity (Wildman–Crippen MR) is 106 cm³/mol. The Morgan fingerprint density at radius 3 is 1.85 bits per heavy atom. The number of hydrogen-bond donors (Lipinski definition) is 0. The number of carbonyl (C=O) groups is 4. The van der Waals surface area contributed by atoms with Crippen LogP contribution in [0.5, 0.6) is 5.75 Å². The van der Waals surface area contributed by atoms with Gasteiger partial charge in [-0.15, -0.1) is 0 Å². The maximum atomic E-state index is 11.8. The molecule has 0 N–H and O–H groups in total. The van der Waals surface area contributed by atoms with E-state index in [9.17, 15) is 29.3 Å². The molecular formula is C20H23NO12. The molecule has 1 aromatic rings. The largest absolute Gasteiger partial charge is 0.463 e. The smallest absolute Gasteiger partial charge is 0.303 e. The molecule has 0 aromatic heterocycles. The second-order valence-electron chi connectivity index (χ2n) is 6.94. The van der Waals surface area contributed by atoms with Crippen molar-refractivity contribution in [2.75, 3.05) is 6.61 Å². The van der Waals surface area contributed by atoms with Crippen molar-refractivity contribution in [1.29, 1.82) is 0 Å². The van der Waals surface area contributed by atoms with Gasteiger partial charge in [0.15, 0.2) is 12.2 Å². The molecule has 5 atom stereocenters. The molecule has 13 nitrogen and oxygen atoms in total. The zero-order valence-corrected chi connectivity index (χ0v) is 18.2. The van der Waals surface area contributed by atoms with Crippen LogP contribution in [0.15, 0.2) is 24.3 Å². The van der Waals surface area contributed by atoms with Crippen molar-refractivity contribution >= 4 is 29.6 Å². The number of rotatable bonds is 8. The minimum Gasteiger partial charge on any atom is -0.463 e. The molecule has 0 amide bonds. The van der Waals surface area contributed by atoms with Gasteiger partial charge >= 0.3 is 23.9 Å². The topological polar surface area (TPSA) is 167 Å². The molecule has 1 aliphatic heterocycles. The van der Waals surface area contributed by atoms with Gasteiger partial charge < -0.3 is 28.4 Å². The third kappa shape index (κ3) is 7.42. The summed E-state index contributed by atoms with van der Waals surface area (Å²) in [6, 6.07) is 4.93. The average molecular weight is 469 g/mol. The Bertz CT molecular complexity index is 899. The number of hydrogen-bond acceptors (Lipinski definition) is 12. The van der Waals surface area contributed by atoms with E-state index in [2.05, 4.69) is 0 Å². The lowest BCUT2D eigenvalue weighted by molar-refractivity contribution is -0.384. The predicted octanol–water partition coefficient (Wildman–Crippen LogP) is 1.06. The summed E-state index contributed by atoms with van der Waals surface area (Å²) in [5.74, 6) is -2.87. The zero-order chi connectivity index (χ0) is 24.7. The Balaban J connectivity index is 2.43. The first-order valence-electron chi connectivity index (χ1n) is 9.69. The second kappa shape index (κ2) is 11.2. The first kappa shape index (κ1) is 25.5. The molecule has 0 bridgehead atoms. The fourth-order valence-electron chi connectivity index (χ4n) is 3.06. The lowest BCUT2D eigenvalue weighted by atomic mass is 9.98.